The van der Waals surface area contributed by atoms with Gasteiger partial charge in [0.15, 0.2) is 0 Å². The summed E-state index contributed by atoms with van der Waals surface area (Å²) < 4.78 is 1.54. The van der Waals surface area contributed by atoms with Crippen molar-refractivity contribution in [2.24, 2.45) is 0 Å². The highest BCUT2D eigenvalue weighted by Crippen LogP contribution is 2.13. The molecule has 6 heteroatoms. The van der Waals surface area contributed by atoms with Crippen LogP contribution in [0.1, 0.15) is 5.82 Å². The van der Waals surface area contributed by atoms with Crippen molar-refractivity contribution in [1.82, 2.24) is 15.3 Å². The number of nitrogens with one attached hydrogen (secondary N) is 2. The first-order valence-corrected chi connectivity index (χ1v) is 6.34. The maximum atomic E-state index is 11.6. The van der Waals surface area contributed by atoms with Crippen LogP contribution in [-0.4, -0.2) is 16.5 Å². The summed E-state index contributed by atoms with van der Waals surface area (Å²) in [5.41, 5.74) is 0.678. The molecular weight excluding hydrogens is 290 g/mol. The summed E-state index contributed by atoms with van der Waals surface area (Å²) in [6.45, 7) is 4.87. The van der Waals surface area contributed by atoms with E-state index in [0.717, 1.165) is 10.00 Å². The summed E-state index contributed by atoms with van der Waals surface area (Å²) in [6.07, 6.45) is 0. The van der Waals surface area contributed by atoms with Crippen LogP contribution in [0.25, 0.3) is 10.2 Å². The molecule has 0 spiro atoms. The highest BCUT2D eigenvalue weighted by molar-refractivity contribution is 9.11. The second kappa shape index (κ2) is 4.90. The quantitative estimate of drug-likeness (QED) is 0.908. The lowest BCUT2D eigenvalue weighted by atomic mass is 10.4. The summed E-state index contributed by atoms with van der Waals surface area (Å²) in [4.78, 5) is 18.7. The molecule has 2 aromatic rings. The van der Waals surface area contributed by atoms with Crippen molar-refractivity contribution < 1.29 is 0 Å². The molecule has 0 saturated carbocycles. The molecule has 2 N–H and O–H groups in total. The Morgan fingerprint density at radius 2 is 2.50 bits per heavy atom. The maximum Gasteiger partial charge on any atom is 0.268 e. The number of hydrogen-bond donors (Lipinski definition) is 2. The molecule has 4 nitrogen and oxygen atoms in total. The average molecular weight is 300 g/mol. The molecule has 0 aliphatic rings. The second-order valence-corrected chi connectivity index (χ2v) is 5.31. The molecule has 16 heavy (non-hydrogen) atoms. The molecule has 84 valence electrons. The Morgan fingerprint density at radius 3 is 3.25 bits per heavy atom. The lowest BCUT2D eigenvalue weighted by molar-refractivity contribution is 0.715. The number of halogens is 1. The molecule has 0 amide bonds. The first-order valence-electron chi connectivity index (χ1n) is 4.67. The molecule has 2 heterocycles. The number of rotatable bonds is 4. The van der Waals surface area contributed by atoms with Crippen LogP contribution >= 0.6 is 27.3 Å². The van der Waals surface area contributed by atoms with E-state index < -0.39 is 0 Å². The van der Waals surface area contributed by atoms with E-state index in [4.69, 9.17) is 0 Å². The third-order valence-electron chi connectivity index (χ3n) is 1.97. The van der Waals surface area contributed by atoms with Gasteiger partial charge in [-0.05, 0) is 11.4 Å². The zero-order valence-corrected chi connectivity index (χ0v) is 10.8. The topological polar surface area (TPSA) is 57.8 Å². The Hall–Kier alpha value is -0.980. The highest BCUT2D eigenvalue weighted by Gasteiger charge is 2.04. The Morgan fingerprint density at radius 1 is 1.69 bits per heavy atom. The summed E-state index contributed by atoms with van der Waals surface area (Å²) in [5, 5.41) is 4.98. The number of aromatic nitrogens is 2. The van der Waals surface area contributed by atoms with Crippen LogP contribution in [-0.2, 0) is 6.54 Å². The molecule has 0 aromatic carbocycles. The predicted molar refractivity (Wildman–Crippen MR) is 70.0 cm³/mol. The lowest BCUT2D eigenvalue weighted by Gasteiger charge is -2.02. The molecule has 0 atom stereocenters. The van der Waals surface area contributed by atoms with Crippen LogP contribution in [0, 0.1) is 0 Å². The van der Waals surface area contributed by atoms with Crippen molar-refractivity contribution in [3.05, 3.63) is 38.7 Å². The summed E-state index contributed by atoms with van der Waals surface area (Å²) in [5.74, 6) is 0.643. The van der Waals surface area contributed by atoms with Crippen molar-refractivity contribution in [3.8, 4) is 0 Å². The van der Waals surface area contributed by atoms with Gasteiger partial charge >= 0.3 is 0 Å². The van der Waals surface area contributed by atoms with Crippen molar-refractivity contribution in [2.75, 3.05) is 6.54 Å². The fourth-order valence-corrected chi connectivity index (χ4v) is 2.25. The van der Waals surface area contributed by atoms with Crippen molar-refractivity contribution in [3.63, 3.8) is 0 Å². The van der Waals surface area contributed by atoms with Gasteiger partial charge in [0.1, 0.15) is 10.5 Å². The molecule has 0 fully saturated rings. The fourth-order valence-electron chi connectivity index (χ4n) is 1.32. The second-order valence-electron chi connectivity index (χ2n) is 3.27. The molecule has 2 aromatic heterocycles. The van der Waals surface area contributed by atoms with Gasteiger partial charge in [-0.15, -0.1) is 11.3 Å². The molecule has 0 aliphatic carbocycles. The number of H-pyrrole nitrogens is 1. The number of fused-ring (bicyclic) bond motifs is 1. The van der Waals surface area contributed by atoms with E-state index in [1.807, 2.05) is 11.4 Å². The molecule has 2 rings (SSSR count). The molecule has 0 bridgehead atoms. The minimum absolute atomic E-state index is 0.0746. The van der Waals surface area contributed by atoms with Crippen LogP contribution in [0.2, 0.25) is 0 Å². The molecule has 0 saturated heterocycles. The predicted octanol–water partition coefficient (Wildman–Crippen LogP) is 1.98. The van der Waals surface area contributed by atoms with E-state index in [1.165, 1.54) is 11.3 Å². The summed E-state index contributed by atoms with van der Waals surface area (Å²) in [6, 6.07) is 1.85. The van der Waals surface area contributed by atoms with Gasteiger partial charge in [0.05, 0.1) is 12.1 Å². The van der Waals surface area contributed by atoms with Crippen LogP contribution in [0.5, 0.6) is 0 Å². The lowest BCUT2D eigenvalue weighted by Crippen LogP contribution is -2.19. The van der Waals surface area contributed by atoms with Crippen LogP contribution in [0.4, 0.5) is 0 Å². The number of aromatic amines is 1. The van der Waals surface area contributed by atoms with Crippen LogP contribution < -0.4 is 10.9 Å². The number of thiophene rings is 1. The summed E-state index contributed by atoms with van der Waals surface area (Å²) >= 11 is 4.65. The van der Waals surface area contributed by atoms with Gasteiger partial charge in [0, 0.05) is 11.0 Å². The minimum atomic E-state index is -0.0746. The van der Waals surface area contributed by atoms with E-state index in [0.29, 0.717) is 23.6 Å². The van der Waals surface area contributed by atoms with Crippen LogP contribution in [0.15, 0.2) is 27.3 Å². The SMILES string of the molecule is C=C(Br)CNCc1nc2ccsc2c(=O)[nH]1. The molecule has 0 aliphatic heterocycles. The Balaban J connectivity index is 2.18. The average Bonchev–Trinajstić information content (AvgIpc) is 2.65. The Labute approximate surface area is 105 Å². The largest absolute Gasteiger partial charge is 0.308 e. The van der Waals surface area contributed by atoms with E-state index in [9.17, 15) is 4.79 Å². The fraction of sp³-hybridized carbons (Fsp3) is 0.200. The van der Waals surface area contributed by atoms with Gasteiger partial charge in [-0.2, -0.15) is 0 Å². The Bertz CT molecular complexity index is 575. The summed E-state index contributed by atoms with van der Waals surface area (Å²) in [7, 11) is 0. The molecule has 0 radical (unpaired) electrons. The first kappa shape index (κ1) is 11.5. The van der Waals surface area contributed by atoms with Gasteiger partial charge < -0.3 is 10.3 Å². The number of nitrogens with zero attached hydrogens (tertiary/aromatic N) is 1. The van der Waals surface area contributed by atoms with E-state index in [1.54, 1.807) is 0 Å². The minimum Gasteiger partial charge on any atom is -0.308 e. The van der Waals surface area contributed by atoms with Crippen molar-refractivity contribution in [1.29, 1.82) is 0 Å². The monoisotopic (exact) mass is 299 g/mol. The van der Waals surface area contributed by atoms with Gasteiger partial charge in [-0.25, -0.2) is 4.98 Å². The number of hydrogen-bond acceptors (Lipinski definition) is 4. The third kappa shape index (κ3) is 2.58. The zero-order chi connectivity index (χ0) is 11.5. The van der Waals surface area contributed by atoms with Crippen LogP contribution in [0.3, 0.4) is 0 Å². The van der Waals surface area contributed by atoms with Gasteiger partial charge in [0.25, 0.3) is 5.56 Å². The van der Waals surface area contributed by atoms with Gasteiger partial charge in [0.2, 0.25) is 0 Å². The van der Waals surface area contributed by atoms with E-state index >= 15 is 0 Å². The van der Waals surface area contributed by atoms with Crippen molar-refractivity contribution in [2.45, 2.75) is 6.54 Å². The molecule has 0 unspecified atom stereocenters. The maximum absolute atomic E-state index is 11.6. The standard InChI is InChI=1S/C10H10BrN3OS/c1-6(11)4-12-5-8-13-7-2-3-16-9(7)10(15)14-8/h2-3,12H,1,4-5H2,(H,13,14,15). The Kier molecular flexibility index (Phi) is 3.52. The third-order valence-corrected chi connectivity index (χ3v) is 3.16. The normalized spacial score (nSPS) is 10.8. The zero-order valence-electron chi connectivity index (χ0n) is 8.42. The van der Waals surface area contributed by atoms with Gasteiger partial charge in [-0.1, -0.05) is 22.5 Å². The first-order chi connectivity index (χ1) is 7.66. The van der Waals surface area contributed by atoms with Crippen molar-refractivity contribution >= 4 is 37.5 Å². The highest BCUT2D eigenvalue weighted by atomic mass is 79.9. The van der Waals surface area contributed by atoms with E-state index in [-0.39, 0.29) is 5.56 Å². The smallest absolute Gasteiger partial charge is 0.268 e. The van der Waals surface area contributed by atoms with Gasteiger partial charge in [-0.3, -0.25) is 4.79 Å². The van der Waals surface area contributed by atoms with E-state index in [2.05, 4.69) is 37.8 Å². The molecular formula is C10H10BrN3OS.